The summed E-state index contributed by atoms with van der Waals surface area (Å²) in [6, 6.07) is 6.54. The van der Waals surface area contributed by atoms with Gasteiger partial charge in [-0.2, -0.15) is 0 Å². The first-order valence-electron chi connectivity index (χ1n) is 5.45. The molecule has 0 aliphatic carbocycles. The van der Waals surface area contributed by atoms with Crippen LogP contribution in [0.15, 0.2) is 24.3 Å². The maximum absolute atomic E-state index is 11.8. The molecule has 1 aliphatic rings. The minimum atomic E-state index is -0.985. The average Bonchev–Trinajstić information content (AvgIpc) is 2.34. The van der Waals surface area contributed by atoms with Crippen LogP contribution in [0.5, 0.6) is 0 Å². The Labute approximate surface area is 114 Å². The van der Waals surface area contributed by atoms with Crippen LogP contribution >= 0.6 is 23.4 Å². The predicted molar refractivity (Wildman–Crippen MR) is 71.0 cm³/mol. The molecule has 2 atom stereocenters. The highest BCUT2D eigenvalue weighted by molar-refractivity contribution is 8.00. The third-order valence-corrected chi connectivity index (χ3v) is 4.27. The number of hydrogen-bond donors (Lipinski definition) is 2. The lowest BCUT2D eigenvalue weighted by atomic mass is 10.1. The van der Waals surface area contributed by atoms with Crippen molar-refractivity contribution in [3.8, 4) is 0 Å². The fourth-order valence-corrected chi connectivity index (χ4v) is 3.02. The van der Waals surface area contributed by atoms with Crippen molar-refractivity contribution in [2.45, 2.75) is 17.7 Å². The second kappa shape index (κ2) is 5.63. The van der Waals surface area contributed by atoms with Crippen molar-refractivity contribution in [1.29, 1.82) is 0 Å². The zero-order chi connectivity index (χ0) is 13.1. The van der Waals surface area contributed by atoms with Crippen molar-refractivity contribution in [2.75, 3.05) is 5.75 Å². The van der Waals surface area contributed by atoms with Crippen molar-refractivity contribution < 1.29 is 14.7 Å². The summed E-state index contributed by atoms with van der Waals surface area (Å²) in [6.07, 6.45) is 0.583. The molecule has 0 spiro atoms. The Kier molecular flexibility index (Phi) is 4.14. The van der Waals surface area contributed by atoms with E-state index in [2.05, 4.69) is 5.32 Å². The standard InChI is InChI=1S/C12H12ClNO3S/c13-8-3-1-7(2-4-8)5-10-11(15)14-9(6-18-10)12(16)17/h1-4,9-10H,5-6H2,(H,14,15)(H,16,17)/t9-,10+/m1/s1. The van der Waals surface area contributed by atoms with Gasteiger partial charge >= 0.3 is 5.97 Å². The van der Waals surface area contributed by atoms with Crippen LogP contribution in [0.25, 0.3) is 0 Å². The van der Waals surface area contributed by atoms with Crippen molar-refractivity contribution in [3.05, 3.63) is 34.9 Å². The van der Waals surface area contributed by atoms with E-state index >= 15 is 0 Å². The highest BCUT2D eigenvalue weighted by Crippen LogP contribution is 2.22. The summed E-state index contributed by atoms with van der Waals surface area (Å²) < 4.78 is 0. The van der Waals surface area contributed by atoms with E-state index in [1.54, 1.807) is 12.1 Å². The van der Waals surface area contributed by atoms with Crippen LogP contribution in [0.2, 0.25) is 5.02 Å². The normalized spacial score (nSPS) is 23.5. The molecule has 96 valence electrons. The van der Waals surface area contributed by atoms with Crippen LogP contribution in [0.3, 0.4) is 0 Å². The smallest absolute Gasteiger partial charge is 0.327 e. The topological polar surface area (TPSA) is 66.4 Å². The summed E-state index contributed by atoms with van der Waals surface area (Å²) in [4.78, 5) is 22.5. The number of amides is 1. The van der Waals surface area contributed by atoms with Gasteiger partial charge in [-0.15, -0.1) is 11.8 Å². The number of aliphatic carboxylic acids is 1. The molecule has 4 nitrogen and oxygen atoms in total. The van der Waals surface area contributed by atoms with E-state index in [0.717, 1.165) is 5.56 Å². The molecular formula is C12H12ClNO3S. The Morgan fingerprint density at radius 1 is 1.44 bits per heavy atom. The summed E-state index contributed by atoms with van der Waals surface area (Å²) in [7, 11) is 0. The lowest BCUT2D eigenvalue weighted by Crippen LogP contribution is -2.51. The van der Waals surface area contributed by atoms with E-state index < -0.39 is 12.0 Å². The van der Waals surface area contributed by atoms with Crippen LogP contribution in [-0.2, 0) is 16.0 Å². The molecule has 2 N–H and O–H groups in total. The molecule has 0 saturated carbocycles. The van der Waals surface area contributed by atoms with Gasteiger partial charge in [-0.05, 0) is 24.1 Å². The molecule has 1 aromatic rings. The molecule has 2 rings (SSSR count). The van der Waals surface area contributed by atoms with Gasteiger partial charge in [0.25, 0.3) is 0 Å². The minimum Gasteiger partial charge on any atom is -0.480 e. The Morgan fingerprint density at radius 3 is 2.67 bits per heavy atom. The number of rotatable bonds is 3. The number of halogens is 1. The van der Waals surface area contributed by atoms with Gasteiger partial charge in [-0.3, -0.25) is 4.79 Å². The van der Waals surface area contributed by atoms with Crippen molar-refractivity contribution in [1.82, 2.24) is 5.32 Å². The van der Waals surface area contributed by atoms with Crippen molar-refractivity contribution in [2.24, 2.45) is 0 Å². The number of nitrogens with one attached hydrogen (secondary N) is 1. The Bertz CT molecular complexity index is 463. The Balaban J connectivity index is 1.97. The largest absolute Gasteiger partial charge is 0.480 e. The van der Waals surface area contributed by atoms with Crippen LogP contribution in [0.4, 0.5) is 0 Å². The Hall–Kier alpha value is -1.20. The highest BCUT2D eigenvalue weighted by atomic mass is 35.5. The Morgan fingerprint density at radius 2 is 2.11 bits per heavy atom. The fraction of sp³-hybridized carbons (Fsp3) is 0.333. The van der Waals surface area contributed by atoms with Gasteiger partial charge < -0.3 is 10.4 Å². The number of carbonyl (C=O) groups excluding carboxylic acids is 1. The van der Waals surface area contributed by atoms with E-state index in [-0.39, 0.29) is 11.2 Å². The number of hydrogen-bond acceptors (Lipinski definition) is 3. The maximum atomic E-state index is 11.8. The molecule has 1 heterocycles. The molecule has 1 aromatic carbocycles. The molecule has 0 aromatic heterocycles. The first-order valence-corrected chi connectivity index (χ1v) is 6.88. The molecule has 1 aliphatic heterocycles. The van der Waals surface area contributed by atoms with Crippen LogP contribution in [0, 0.1) is 0 Å². The van der Waals surface area contributed by atoms with Gasteiger partial charge in [-0.25, -0.2) is 4.79 Å². The molecule has 1 amide bonds. The third-order valence-electron chi connectivity index (χ3n) is 2.71. The van der Waals surface area contributed by atoms with E-state index in [1.165, 1.54) is 11.8 Å². The molecule has 1 fully saturated rings. The summed E-state index contributed by atoms with van der Waals surface area (Å²) >= 11 is 7.17. The number of carboxylic acids is 1. The first-order chi connectivity index (χ1) is 8.56. The van der Waals surface area contributed by atoms with E-state index in [4.69, 9.17) is 16.7 Å². The number of carbonyl (C=O) groups is 2. The summed E-state index contributed by atoms with van der Waals surface area (Å²) in [6.45, 7) is 0. The summed E-state index contributed by atoms with van der Waals surface area (Å²) in [5.74, 6) is -0.798. The highest BCUT2D eigenvalue weighted by Gasteiger charge is 2.32. The molecule has 0 radical (unpaired) electrons. The number of carboxylic acid groups (broad SMARTS) is 1. The third kappa shape index (κ3) is 3.17. The second-order valence-corrected chi connectivity index (χ2v) is 5.72. The zero-order valence-corrected chi connectivity index (χ0v) is 11.0. The summed E-state index contributed by atoms with van der Waals surface area (Å²) in [5.41, 5.74) is 1.01. The molecule has 6 heteroatoms. The van der Waals surface area contributed by atoms with Crippen LogP contribution in [-0.4, -0.2) is 34.0 Å². The summed E-state index contributed by atoms with van der Waals surface area (Å²) in [5, 5.41) is 11.8. The lowest BCUT2D eigenvalue weighted by molar-refractivity contribution is -0.141. The van der Waals surface area contributed by atoms with E-state index in [1.807, 2.05) is 12.1 Å². The van der Waals surface area contributed by atoms with E-state index in [9.17, 15) is 9.59 Å². The van der Waals surface area contributed by atoms with Gasteiger partial charge in [-0.1, -0.05) is 23.7 Å². The maximum Gasteiger partial charge on any atom is 0.327 e. The lowest BCUT2D eigenvalue weighted by Gasteiger charge is -2.26. The molecule has 0 bridgehead atoms. The zero-order valence-electron chi connectivity index (χ0n) is 9.43. The van der Waals surface area contributed by atoms with Gasteiger partial charge in [0.05, 0.1) is 5.25 Å². The molecule has 1 saturated heterocycles. The first kappa shape index (κ1) is 13.2. The van der Waals surface area contributed by atoms with Crippen molar-refractivity contribution in [3.63, 3.8) is 0 Å². The van der Waals surface area contributed by atoms with E-state index in [0.29, 0.717) is 17.2 Å². The quantitative estimate of drug-likeness (QED) is 0.885. The molecular weight excluding hydrogens is 274 g/mol. The number of benzene rings is 1. The van der Waals surface area contributed by atoms with Crippen LogP contribution in [0.1, 0.15) is 5.56 Å². The van der Waals surface area contributed by atoms with Gasteiger partial charge in [0, 0.05) is 10.8 Å². The number of thioether (sulfide) groups is 1. The second-order valence-electron chi connectivity index (χ2n) is 4.05. The van der Waals surface area contributed by atoms with Crippen LogP contribution < -0.4 is 5.32 Å². The van der Waals surface area contributed by atoms with Gasteiger partial charge in [0.2, 0.25) is 5.91 Å². The van der Waals surface area contributed by atoms with Crippen molar-refractivity contribution >= 4 is 35.2 Å². The minimum absolute atomic E-state index is 0.214. The monoisotopic (exact) mass is 285 g/mol. The average molecular weight is 286 g/mol. The molecule has 18 heavy (non-hydrogen) atoms. The SMILES string of the molecule is O=C1N[C@@H](C(=O)O)CS[C@H]1Cc1ccc(Cl)cc1. The molecule has 0 unspecified atom stereocenters. The van der Waals surface area contributed by atoms with Gasteiger partial charge in [0.15, 0.2) is 0 Å². The van der Waals surface area contributed by atoms with Gasteiger partial charge in [0.1, 0.15) is 6.04 Å². The fourth-order valence-electron chi connectivity index (χ4n) is 1.71. The predicted octanol–water partition coefficient (Wildman–Crippen LogP) is 1.57.